The molecule has 0 bridgehead atoms. The number of nitrogens with zero attached hydrogens (tertiary/aromatic N) is 1. The third-order valence-electron chi connectivity index (χ3n) is 3.53. The summed E-state index contributed by atoms with van der Waals surface area (Å²) in [5, 5.41) is 1.98. The number of thiophene rings is 1. The van der Waals surface area contributed by atoms with Crippen LogP contribution in [-0.2, 0) is 6.54 Å². The molecule has 21 heavy (non-hydrogen) atoms. The molecule has 1 fully saturated rings. The Bertz CT molecular complexity index is 667. The first kappa shape index (κ1) is 14.4. The van der Waals surface area contributed by atoms with Crippen molar-refractivity contribution in [1.82, 2.24) is 0 Å². The van der Waals surface area contributed by atoms with E-state index in [9.17, 15) is 8.78 Å². The second-order valence-corrected chi connectivity index (χ2v) is 6.53. The van der Waals surface area contributed by atoms with Crippen molar-refractivity contribution in [1.29, 1.82) is 0 Å². The van der Waals surface area contributed by atoms with E-state index in [0.29, 0.717) is 6.54 Å². The predicted octanol–water partition coefficient (Wildman–Crippen LogP) is 3.83. The van der Waals surface area contributed by atoms with Crippen molar-refractivity contribution in [3.05, 3.63) is 51.7 Å². The van der Waals surface area contributed by atoms with E-state index in [1.54, 1.807) is 17.4 Å². The molecule has 110 valence electrons. The Hall–Kier alpha value is -1.53. The van der Waals surface area contributed by atoms with Crippen molar-refractivity contribution in [2.24, 2.45) is 5.73 Å². The largest absolute Gasteiger partial charge is 0.389 e. The summed E-state index contributed by atoms with van der Waals surface area (Å²) in [5.74, 6) is -1.83. The molecule has 6 heteroatoms. The van der Waals surface area contributed by atoms with Gasteiger partial charge in [-0.25, -0.2) is 8.78 Å². The van der Waals surface area contributed by atoms with Gasteiger partial charge in [0.25, 0.3) is 0 Å². The normalized spacial score (nSPS) is 14.2. The Labute approximate surface area is 131 Å². The highest BCUT2D eigenvalue weighted by Gasteiger charge is 2.32. The average molecular weight is 324 g/mol. The molecule has 1 heterocycles. The van der Waals surface area contributed by atoms with Crippen LogP contribution >= 0.6 is 23.6 Å². The van der Waals surface area contributed by atoms with E-state index >= 15 is 0 Å². The molecule has 1 aliphatic rings. The summed E-state index contributed by atoms with van der Waals surface area (Å²) in [7, 11) is 0. The highest BCUT2D eigenvalue weighted by molar-refractivity contribution is 7.80. The quantitative estimate of drug-likeness (QED) is 0.848. The van der Waals surface area contributed by atoms with Crippen molar-refractivity contribution in [2.75, 3.05) is 4.90 Å². The highest BCUT2D eigenvalue weighted by atomic mass is 32.1. The fourth-order valence-electron chi connectivity index (χ4n) is 2.32. The number of hydrogen-bond donors (Lipinski definition) is 1. The van der Waals surface area contributed by atoms with Crippen LogP contribution in [0.3, 0.4) is 0 Å². The van der Waals surface area contributed by atoms with Gasteiger partial charge in [0.1, 0.15) is 4.99 Å². The molecule has 0 aliphatic heterocycles. The van der Waals surface area contributed by atoms with Crippen LogP contribution in [0.4, 0.5) is 14.5 Å². The number of anilines is 1. The minimum atomic E-state index is -0.961. The summed E-state index contributed by atoms with van der Waals surface area (Å²) in [4.78, 5) is 2.92. The summed E-state index contributed by atoms with van der Waals surface area (Å²) in [6.45, 7) is 0.588. The molecule has 0 saturated heterocycles. The second-order valence-electron chi connectivity index (χ2n) is 5.06. The minimum absolute atomic E-state index is 0.0434. The van der Waals surface area contributed by atoms with E-state index in [4.69, 9.17) is 18.0 Å². The van der Waals surface area contributed by atoms with E-state index in [2.05, 4.69) is 0 Å². The lowest BCUT2D eigenvalue weighted by Gasteiger charge is -2.25. The van der Waals surface area contributed by atoms with Gasteiger partial charge in [-0.3, -0.25) is 0 Å². The third-order valence-corrected chi connectivity index (χ3v) is 4.61. The Morgan fingerprint density at radius 1 is 1.29 bits per heavy atom. The van der Waals surface area contributed by atoms with E-state index in [1.807, 2.05) is 22.4 Å². The van der Waals surface area contributed by atoms with Crippen LogP contribution in [0.2, 0.25) is 0 Å². The van der Waals surface area contributed by atoms with Gasteiger partial charge < -0.3 is 10.6 Å². The van der Waals surface area contributed by atoms with E-state index < -0.39 is 11.6 Å². The molecule has 2 nitrogen and oxygen atoms in total. The van der Waals surface area contributed by atoms with Crippen LogP contribution in [0, 0.1) is 11.6 Å². The summed E-state index contributed by atoms with van der Waals surface area (Å²) in [6.07, 6.45) is 2.01. The van der Waals surface area contributed by atoms with Gasteiger partial charge in [0.05, 0.1) is 12.2 Å². The number of benzene rings is 1. The average Bonchev–Trinajstić information content (AvgIpc) is 3.16. The van der Waals surface area contributed by atoms with Crippen molar-refractivity contribution in [3.8, 4) is 0 Å². The van der Waals surface area contributed by atoms with E-state index in [0.717, 1.165) is 17.7 Å². The number of thiocarbonyl (C=S) groups is 1. The molecule has 3 rings (SSSR count). The lowest BCUT2D eigenvalue weighted by atomic mass is 10.1. The molecule has 2 N–H and O–H groups in total. The first-order chi connectivity index (χ1) is 10.1. The SMILES string of the molecule is NC(=S)c1ccc(N(Cc2cccs2)C2CC2)c(F)c1F. The Morgan fingerprint density at radius 3 is 2.62 bits per heavy atom. The Kier molecular flexibility index (Phi) is 3.91. The first-order valence-corrected chi connectivity index (χ1v) is 7.93. The first-order valence-electron chi connectivity index (χ1n) is 6.64. The molecule has 0 atom stereocenters. The molecule has 1 aliphatic carbocycles. The summed E-state index contributed by atoms with van der Waals surface area (Å²) in [6, 6.07) is 7.26. The second kappa shape index (κ2) is 5.69. The maximum Gasteiger partial charge on any atom is 0.182 e. The van der Waals surface area contributed by atoms with E-state index in [-0.39, 0.29) is 22.3 Å². The number of nitrogens with two attached hydrogens (primary N) is 1. The van der Waals surface area contributed by atoms with Gasteiger partial charge in [-0.15, -0.1) is 11.3 Å². The van der Waals surface area contributed by atoms with Gasteiger partial charge in [0, 0.05) is 16.5 Å². The molecule has 1 aromatic heterocycles. The summed E-state index contributed by atoms with van der Waals surface area (Å²) >= 11 is 6.35. The van der Waals surface area contributed by atoms with Gasteiger partial charge in [-0.05, 0) is 36.4 Å². The zero-order chi connectivity index (χ0) is 15.0. The lowest BCUT2D eigenvalue weighted by Crippen LogP contribution is -2.26. The molecule has 2 aromatic rings. The third kappa shape index (κ3) is 2.91. The fourth-order valence-corrected chi connectivity index (χ4v) is 3.18. The molecular formula is C15H14F2N2S2. The van der Waals surface area contributed by atoms with Crippen molar-refractivity contribution >= 4 is 34.2 Å². The van der Waals surface area contributed by atoms with Crippen molar-refractivity contribution < 1.29 is 8.78 Å². The number of halogens is 2. The van der Waals surface area contributed by atoms with E-state index in [1.165, 1.54) is 6.07 Å². The monoisotopic (exact) mass is 324 g/mol. The molecule has 0 unspecified atom stereocenters. The molecule has 0 amide bonds. The van der Waals surface area contributed by atoms with Crippen LogP contribution in [0.5, 0.6) is 0 Å². The van der Waals surface area contributed by atoms with Crippen LogP contribution in [-0.4, -0.2) is 11.0 Å². The topological polar surface area (TPSA) is 29.3 Å². The van der Waals surface area contributed by atoms with Crippen LogP contribution in [0.1, 0.15) is 23.3 Å². The smallest absolute Gasteiger partial charge is 0.182 e. The highest BCUT2D eigenvalue weighted by Crippen LogP contribution is 2.36. The number of rotatable bonds is 5. The minimum Gasteiger partial charge on any atom is -0.389 e. The standard InChI is InChI=1S/C15H14F2N2S2/c16-13-11(15(18)20)5-6-12(14(13)17)19(9-3-4-9)8-10-2-1-7-21-10/h1-2,5-7,9H,3-4,8H2,(H2,18,20). The van der Waals surface area contributed by atoms with Gasteiger partial charge in [-0.2, -0.15) is 0 Å². The molecule has 1 saturated carbocycles. The molecule has 0 radical (unpaired) electrons. The fraction of sp³-hybridized carbons (Fsp3) is 0.267. The maximum absolute atomic E-state index is 14.4. The van der Waals surface area contributed by atoms with Crippen LogP contribution in [0.25, 0.3) is 0 Å². The number of hydrogen-bond acceptors (Lipinski definition) is 3. The molecule has 0 spiro atoms. The zero-order valence-corrected chi connectivity index (χ0v) is 12.8. The molecule has 1 aromatic carbocycles. The van der Waals surface area contributed by atoms with Crippen molar-refractivity contribution in [2.45, 2.75) is 25.4 Å². The van der Waals surface area contributed by atoms with Gasteiger partial charge in [0.2, 0.25) is 0 Å². The Morgan fingerprint density at radius 2 is 2.05 bits per heavy atom. The summed E-state index contributed by atoms with van der Waals surface area (Å²) < 4.78 is 28.4. The predicted molar refractivity (Wildman–Crippen MR) is 85.8 cm³/mol. The molecular weight excluding hydrogens is 310 g/mol. The van der Waals surface area contributed by atoms with Gasteiger partial charge in [0.15, 0.2) is 11.6 Å². The van der Waals surface area contributed by atoms with Gasteiger partial charge >= 0.3 is 0 Å². The lowest BCUT2D eigenvalue weighted by molar-refractivity contribution is 0.504. The van der Waals surface area contributed by atoms with Crippen LogP contribution < -0.4 is 10.6 Å². The maximum atomic E-state index is 14.4. The van der Waals surface area contributed by atoms with Gasteiger partial charge in [-0.1, -0.05) is 18.3 Å². The Balaban J connectivity index is 1.96. The van der Waals surface area contributed by atoms with Crippen LogP contribution in [0.15, 0.2) is 29.6 Å². The zero-order valence-electron chi connectivity index (χ0n) is 11.2. The van der Waals surface area contributed by atoms with Crippen molar-refractivity contribution in [3.63, 3.8) is 0 Å². The summed E-state index contributed by atoms with van der Waals surface area (Å²) in [5.41, 5.74) is 5.64.